The minimum atomic E-state index is -3.94. The van der Waals surface area contributed by atoms with Crippen LogP contribution in [0.25, 0.3) is 0 Å². The number of aryl methyl sites for hydroxylation is 1. The summed E-state index contributed by atoms with van der Waals surface area (Å²) in [4.78, 5) is 12.7. The van der Waals surface area contributed by atoms with Crippen molar-refractivity contribution in [3.05, 3.63) is 95.0 Å². The summed E-state index contributed by atoms with van der Waals surface area (Å²) in [5.41, 5.74) is 2.65. The molecule has 168 valence electrons. The van der Waals surface area contributed by atoms with Gasteiger partial charge in [0, 0.05) is 23.1 Å². The number of rotatable bonds is 10. The summed E-state index contributed by atoms with van der Waals surface area (Å²) >= 11 is 7.62. The van der Waals surface area contributed by atoms with Gasteiger partial charge in [0.05, 0.1) is 10.6 Å². The number of carbonyl (C=O) groups is 1. The van der Waals surface area contributed by atoms with Crippen LogP contribution < -0.4 is 9.62 Å². The van der Waals surface area contributed by atoms with E-state index in [-0.39, 0.29) is 17.3 Å². The summed E-state index contributed by atoms with van der Waals surface area (Å²) in [5, 5.41) is 3.27. The van der Waals surface area contributed by atoms with Crippen LogP contribution in [0.5, 0.6) is 0 Å². The molecule has 0 saturated heterocycles. The number of carbonyl (C=O) groups excluding carboxylic acids is 1. The van der Waals surface area contributed by atoms with Crippen LogP contribution in [0.2, 0.25) is 5.02 Å². The molecule has 0 aromatic heterocycles. The van der Waals surface area contributed by atoms with E-state index in [0.717, 1.165) is 21.4 Å². The predicted molar refractivity (Wildman–Crippen MR) is 133 cm³/mol. The first-order chi connectivity index (χ1) is 15.4. The molecule has 0 bridgehead atoms. The van der Waals surface area contributed by atoms with Crippen LogP contribution in [0.1, 0.15) is 11.1 Å². The number of halogens is 1. The smallest absolute Gasteiger partial charge is 0.264 e. The van der Waals surface area contributed by atoms with Gasteiger partial charge >= 0.3 is 0 Å². The van der Waals surface area contributed by atoms with Crippen LogP contribution in [0.15, 0.2) is 83.8 Å². The van der Waals surface area contributed by atoms with Crippen molar-refractivity contribution in [3.63, 3.8) is 0 Å². The normalized spacial score (nSPS) is 11.2. The van der Waals surface area contributed by atoms with Crippen molar-refractivity contribution < 1.29 is 13.2 Å². The Hall–Kier alpha value is -2.48. The van der Waals surface area contributed by atoms with E-state index in [1.165, 1.54) is 29.8 Å². The van der Waals surface area contributed by atoms with Gasteiger partial charge in [-0.25, -0.2) is 8.42 Å². The predicted octanol–water partition coefficient (Wildman–Crippen LogP) is 4.89. The highest BCUT2D eigenvalue weighted by Crippen LogP contribution is 2.25. The van der Waals surface area contributed by atoms with Crippen LogP contribution in [0.4, 0.5) is 5.69 Å². The minimum Gasteiger partial charge on any atom is -0.354 e. The number of hydrogen-bond donors (Lipinski definition) is 1. The maximum absolute atomic E-state index is 13.3. The number of amides is 1. The van der Waals surface area contributed by atoms with E-state index in [1.807, 2.05) is 37.3 Å². The summed E-state index contributed by atoms with van der Waals surface area (Å²) in [6.07, 6.45) is 0. The lowest BCUT2D eigenvalue weighted by Crippen LogP contribution is -2.41. The van der Waals surface area contributed by atoms with Gasteiger partial charge in [0.15, 0.2) is 0 Å². The molecule has 0 spiro atoms. The lowest BCUT2D eigenvalue weighted by Gasteiger charge is -2.24. The molecule has 0 unspecified atom stereocenters. The zero-order valence-electron chi connectivity index (χ0n) is 17.7. The summed E-state index contributed by atoms with van der Waals surface area (Å²) in [5.74, 6) is 1.23. The number of nitrogens with one attached hydrogen (secondary N) is 1. The van der Waals surface area contributed by atoms with Gasteiger partial charge in [-0.1, -0.05) is 59.6 Å². The third kappa shape index (κ3) is 6.76. The molecule has 0 atom stereocenters. The highest BCUT2D eigenvalue weighted by Gasteiger charge is 2.27. The molecule has 3 aromatic carbocycles. The molecule has 32 heavy (non-hydrogen) atoms. The van der Waals surface area contributed by atoms with Gasteiger partial charge in [0.1, 0.15) is 6.54 Å². The molecular formula is C24H25ClN2O3S2. The first-order valence-corrected chi connectivity index (χ1v) is 13.1. The molecule has 1 amide bonds. The quantitative estimate of drug-likeness (QED) is 0.412. The van der Waals surface area contributed by atoms with Gasteiger partial charge in [0.2, 0.25) is 5.91 Å². The molecule has 0 saturated carbocycles. The number of benzene rings is 3. The van der Waals surface area contributed by atoms with Gasteiger partial charge in [-0.15, -0.1) is 0 Å². The number of nitrogens with zero attached hydrogens (tertiary/aromatic N) is 1. The van der Waals surface area contributed by atoms with Crippen molar-refractivity contribution in [2.75, 3.05) is 23.1 Å². The van der Waals surface area contributed by atoms with E-state index in [9.17, 15) is 13.2 Å². The Morgan fingerprint density at radius 3 is 2.28 bits per heavy atom. The van der Waals surface area contributed by atoms with Crippen LogP contribution in [0.3, 0.4) is 0 Å². The Bertz CT molecular complexity index is 1120. The Labute approximate surface area is 198 Å². The SMILES string of the molecule is Cc1ccc(N(CC(=O)NCCSCc2ccccc2)S(=O)(=O)c2ccc(Cl)cc2)cc1. The summed E-state index contributed by atoms with van der Waals surface area (Å²) in [7, 11) is -3.94. The highest BCUT2D eigenvalue weighted by atomic mass is 35.5. The first-order valence-electron chi connectivity index (χ1n) is 10.1. The average Bonchev–Trinajstić information content (AvgIpc) is 2.79. The fourth-order valence-corrected chi connectivity index (χ4v) is 5.34. The largest absolute Gasteiger partial charge is 0.354 e. The number of anilines is 1. The molecule has 0 aliphatic rings. The number of thioether (sulfide) groups is 1. The lowest BCUT2D eigenvalue weighted by atomic mass is 10.2. The molecule has 3 aromatic rings. The third-order valence-corrected chi connectivity index (χ3v) is 7.76. The molecule has 3 rings (SSSR count). The van der Waals surface area contributed by atoms with Gasteiger partial charge < -0.3 is 5.32 Å². The third-order valence-electron chi connectivity index (χ3n) is 4.69. The molecular weight excluding hydrogens is 464 g/mol. The van der Waals surface area contributed by atoms with Crippen molar-refractivity contribution in [2.45, 2.75) is 17.6 Å². The zero-order chi connectivity index (χ0) is 23.0. The van der Waals surface area contributed by atoms with E-state index >= 15 is 0 Å². The molecule has 1 N–H and O–H groups in total. The monoisotopic (exact) mass is 488 g/mol. The average molecular weight is 489 g/mol. The van der Waals surface area contributed by atoms with Crippen LogP contribution >= 0.6 is 23.4 Å². The molecule has 0 radical (unpaired) electrons. The van der Waals surface area contributed by atoms with E-state index in [0.29, 0.717) is 17.3 Å². The van der Waals surface area contributed by atoms with E-state index in [2.05, 4.69) is 17.4 Å². The number of sulfonamides is 1. The van der Waals surface area contributed by atoms with Gasteiger partial charge in [-0.3, -0.25) is 9.10 Å². The maximum atomic E-state index is 13.3. The Kier molecular flexibility index (Phi) is 8.61. The zero-order valence-corrected chi connectivity index (χ0v) is 20.1. The van der Waals surface area contributed by atoms with Crippen molar-refractivity contribution in [1.29, 1.82) is 0 Å². The Morgan fingerprint density at radius 2 is 1.62 bits per heavy atom. The van der Waals surface area contributed by atoms with Crippen LogP contribution in [0, 0.1) is 6.92 Å². The Morgan fingerprint density at radius 1 is 0.969 bits per heavy atom. The van der Waals surface area contributed by atoms with Crippen LogP contribution in [-0.4, -0.2) is 33.2 Å². The second-order valence-corrected chi connectivity index (χ2v) is 10.6. The highest BCUT2D eigenvalue weighted by molar-refractivity contribution is 7.98. The lowest BCUT2D eigenvalue weighted by molar-refractivity contribution is -0.119. The van der Waals surface area contributed by atoms with E-state index in [4.69, 9.17) is 11.6 Å². The summed E-state index contributed by atoms with van der Waals surface area (Å²) in [6, 6.07) is 23.1. The molecule has 8 heteroatoms. The van der Waals surface area contributed by atoms with E-state index in [1.54, 1.807) is 23.9 Å². The van der Waals surface area contributed by atoms with Crippen molar-refractivity contribution in [1.82, 2.24) is 5.32 Å². The fraction of sp³-hybridized carbons (Fsp3) is 0.208. The van der Waals surface area contributed by atoms with Crippen molar-refractivity contribution in [3.8, 4) is 0 Å². The van der Waals surface area contributed by atoms with Crippen LogP contribution in [-0.2, 0) is 20.6 Å². The molecule has 0 heterocycles. The number of hydrogen-bond acceptors (Lipinski definition) is 4. The van der Waals surface area contributed by atoms with Gasteiger partial charge in [-0.2, -0.15) is 11.8 Å². The second kappa shape index (κ2) is 11.4. The molecule has 5 nitrogen and oxygen atoms in total. The van der Waals surface area contributed by atoms with Gasteiger partial charge in [0.25, 0.3) is 10.0 Å². The Balaban J connectivity index is 1.65. The van der Waals surface area contributed by atoms with Crippen molar-refractivity contribution >= 4 is 45.0 Å². The maximum Gasteiger partial charge on any atom is 0.264 e. The fourth-order valence-electron chi connectivity index (χ4n) is 2.97. The van der Waals surface area contributed by atoms with E-state index < -0.39 is 10.0 Å². The van der Waals surface area contributed by atoms with Crippen molar-refractivity contribution in [2.24, 2.45) is 0 Å². The minimum absolute atomic E-state index is 0.0775. The van der Waals surface area contributed by atoms with Gasteiger partial charge in [-0.05, 0) is 48.9 Å². The second-order valence-electron chi connectivity index (χ2n) is 7.19. The summed E-state index contributed by atoms with van der Waals surface area (Å²) in [6.45, 7) is 2.07. The standard InChI is InChI=1S/C24H25ClN2O3S2/c1-19-7-11-22(12-8-19)27(32(29,30)23-13-9-21(25)10-14-23)17-24(28)26-15-16-31-18-20-5-3-2-4-6-20/h2-14H,15-18H2,1H3,(H,26,28). The molecule has 0 fully saturated rings. The summed E-state index contributed by atoms with van der Waals surface area (Å²) < 4.78 is 27.7. The molecule has 0 aliphatic heterocycles. The topological polar surface area (TPSA) is 66.5 Å². The first kappa shape index (κ1) is 24.2. The molecule has 0 aliphatic carbocycles.